The fourth-order valence-electron chi connectivity index (χ4n) is 3.89. The first-order valence-corrected chi connectivity index (χ1v) is 12.1. The van der Waals surface area contributed by atoms with Crippen LogP contribution in [-0.4, -0.2) is 16.0 Å². The summed E-state index contributed by atoms with van der Waals surface area (Å²) in [7, 11) is 0. The van der Waals surface area contributed by atoms with Crippen molar-refractivity contribution in [3.8, 4) is 6.07 Å². The van der Waals surface area contributed by atoms with Crippen molar-refractivity contribution in [3.05, 3.63) is 97.7 Å². The van der Waals surface area contributed by atoms with E-state index in [4.69, 9.17) is 58.0 Å². The Hall–Kier alpha value is -2.33. The van der Waals surface area contributed by atoms with Gasteiger partial charge in [0.1, 0.15) is 10.2 Å². The number of amides is 1. The minimum absolute atomic E-state index is 0.0570. The highest BCUT2D eigenvalue weighted by molar-refractivity contribution is 6.53. The molecule has 1 aliphatic carbocycles. The van der Waals surface area contributed by atoms with Gasteiger partial charge in [0, 0.05) is 23.6 Å². The number of nitrogens with one attached hydrogen (secondary N) is 1. The van der Waals surface area contributed by atoms with Gasteiger partial charge in [0.2, 0.25) is 5.91 Å². The summed E-state index contributed by atoms with van der Waals surface area (Å²) in [5, 5.41) is 12.8. The summed E-state index contributed by atoms with van der Waals surface area (Å²) in [6.07, 6.45) is -0.172. The lowest BCUT2D eigenvalue weighted by Crippen LogP contribution is -2.17. The van der Waals surface area contributed by atoms with Crippen molar-refractivity contribution in [1.82, 2.24) is 0 Å². The van der Waals surface area contributed by atoms with Crippen LogP contribution in [0.4, 0.5) is 10.1 Å². The molecule has 4 nitrogen and oxygen atoms in total. The molecule has 10 heteroatoms. The standard InChI is InChI=1S/C25H14Cl5FN2O2/c26-18-6-4-16(10-17(18)21(34)9-12-1-3-15(31)7-14(12)11-32)33-24(35)23-22(25(23,29)30)13-2-5-19(27)20(28)8-13/h1-8,10,22-23H,9H2,(H,33,35). The predicted octanol–water partition coefficient (Wildman–Crippen LogP) is 7.61. The molecule has 0 heterocycles. The van der Waals surface area contributed by atoms with Crippen molar-refractivity contribution in [3.63, 3.8) is 0 Å². The second-order valence-electron chi connectivity index (χ2n) is 8.00. The molecule has 0 bridgehead atoms. The molecule has 35 heavy (non-hydrogen) atoms. The summed E-state index contributed by atoms with van der Waals surface area (Å²) in [4.78, 5) is 25.9. The van der Waals surface area contributed by atoms with Gasteiger partial charge in [-0.05, 0) is 53.6 Å². The number of anilines is 1. The summed E-state index contributed by atoms with van der Waals surface area (Å²) in [6.45, 7) is 0. The zero-order valence-corrected chi connectivity index (χ0v) is 21.4. The maximum Gasteiger partial charge on any atom is 0.231 e. The van der Waals surface area contributed by atoms with Crippen molar-refractivity contribution >= 4 is 75.4 Å². The van der Waals surface area contributed by atoms with Gasteiger partial charge in [0.15, 0.2) is 5.78 Å². The summed E-state index contributed by atoms with van der Waals surface area (Å²) in [5.74, 6) is -2.70. The van der Waals surface area contributed by atoms with E-state index >= 15 is 0 Å². The topological polar surface area (TPSA) is 70.0 Å². The fourth-order valence-corrected chi connectivity index (χ4v) is 5.24. The van der Waals surface area contributed by atoms with Crippen LogP contribution >= 0.6 is 58.0 Å². The van der Waals surface area contributed by atoms with E-state index in [1.165, 1.54) is 30.3 Å². The Morgan fingerprint density at radius 1 is 0.971 bits per heavy atom. The van der Waals surface area contributed by atoms with Crippen molar-refractivity contribution in [2.75, 3.05) is 5.32 Å². The van der Waals surface area contributed by atoms with Gasteiger partial charge in [-0.1, -0.05) is 46.9 Å². The summed E-state index contributed by atoms with van der Waals surface area (Å²) in [6, 6.07) is 14.8. The van der Waals surface area contributed by atoms with Gasteiger partial charge >= 0.3 is 0 Å². The molecule has 1 saturated carbocycles. The number of hydrogen-bond donors (Lipinski definition) is 1. The van der Waals surface area contributed by atoms with Crippen LogP contribution in [0.15, 0.2) is 54.6 Å². The predicted molar refractivity (Wildman–Crippen MR) is 136 cm³/mol. The second kappa shape index (κ2) is 9.97. The molecule has 0 radical (unpaired) electrons. The molecule has 178 valence electrons. The third kappa shape index (κ3) is 5.28. The number of alkyl halides is 2. The summed E-state index contributed by atoms with van der Waals surface area (Å²) in [5.41, 5.74) is 1.54. The molecule has 3 aromatic carbocycles. The van der Waals surface area contributed by atoms with E-state index in [0.29, 0.717) is 26.9 Å². The Bertz CT molecular complexity index is 1400. The largest absolute Gasteiger partial charge is 0.326 e. The van der Waals surface area contributed by atoms with Crippen LogP contribution in [-0.2, 0) is 11.2 Å². The van der Waals surface area contributed by atoms with E-state index in [-0.39, 0.29) is 22.6 Å². The quantitative estimate of drug-likeness (QED) is 0.245. The third-order valence-electron chi connectivity index (χ3n) is 5.72. The summed E-state index contributed by atoms with van der Waals surface area (Å²) < 4.78 is 12.1. The first-order valence-electron chi connectivity index (χ1n) is 10.2. The Labute approximate surface area is 225 Å². The average molecular weight is 571 g/mol. The van der Waals surface area contributed by atoms with Gasteiger partial charge in [-0.15, -0.1) is 23.2 Å². The highest BCUT2D eigenvalue weighted by Gasteiger charge is 2.67. The lowest BCUT2D eigenvalue weighted by molar-refractivity contribution is -0.117. The fraction of sp³-hybridized carbons (Fsp3) is 0.160. The van der Waals surface area contributed by atoms with Gasteiger partial charge in [-0.2, -0.15) is 5.26 Å². The minimum atomic E-state index is -1.34. The normalized spacial score (nSPS) is 18.0. The Morgan fingerprint density at radius 2 is 1.69 bits per heavy atom. The Kier molecular flexibility index (Phi) is 7.33. The lowest BCUT2D eigenvalue weighted by Gasteiger charge is -2.10. The van der Waals surface area contributed by atoms with E-state index in [9.17, 15) is 19.2 Å². The van der Waals surface area contributed by atoms with Crippen molar-refractivity contribution in [2.45, 2.75) is 16.7 Å². The van der Waals surface area contributed by atoms with E-state index in [1.807, 2.05) is 6.07 Å². The zero-order valence-electron chi connectivity index (χ0n) is 17.6. The molecule has 2 atom stereocenters. The molecule has 0 spiro atoms. The van der Waals surface area contributed by atoms with E-state index in [1.54, 1.807) is 18.2 Å². The van der Waals surface area contributed by atoms with Crippen LogP contribution in [0.5, 0.6) is 0 Å². The molecule has 2 unspecified atom stereocenters. The monoisotopic (exact) mass is 568 g/mol. The number of nitrogens with zero attached hydrogens (tertiary/aromatic N) is 1. The van der Waals surface area contributed by atoms with Gasteiger partial charge < -0.3 is 5.32 Å². The molecule has 1 amide bonds. The van der Waals surface area contributed by atoms with Crippen LogP contribution in [0, 0.1) is 23.1 Å². The number of hydrogen-bond acceptors (Lipinski definition) is 3. The van der Waals surface area contributed by atoms with Crippen LogP contribution in [0.3, 0.4) is 0 Å². The van der Waals surface area contributed by atoms with E-state index < -0.39 is 33.7 Å². The average Bonchev–Trinajstić information content (AvgIpc) is 3.39. The zero-order chi connectivity index (χ0) is 25.5. The molecule has 1 aliphatic rings. The first kappa shape index (κ1) is 25.8. The van der Waals surface area contributed by atoms with E-state index in [0.717, 1.165) is 6.07 Å². The van der Waals surface area contributed by atoms with Gasteiger partial charge in [-0.25, -0.2) is 4.39 Å². The van der Waals surface area contributed by atoms with Crippen molar-refractivity contribution < 1.29 is 14.0 Å². The molecular formula is C25H14Cl5FN2O2. The SMILES string of the molecule is N#Cc1cc(F)ccc1CC(=O)c1cc(NC(=O)C2C(c3ccc(Cl)c(Cl)c3)C2(Cl)Cl)ccc1Cl. The smallest absolute Gasteiger partial charge is 0.231 e. The summed E-state index contributed by atoms with van der Waals surface area (Å²) >= 11 is 31.1. The number of nitriles is 1. The number of ketones is 1. The number of benzene rings is 3. The molecule has 0 saturated heterocycles. The number of Topliss-reactive ketones (excluding diaryl/α,β-unsaturated/α-hetero) is 1. The van der Waals surface area contributed by atoms with Crippen LogP contribution in [0.25, 0.3) is 0 Å². The van der Waals surface area contributed by atoms with Gasteiger partial charge in [0.05, 0.1) is 32.6 Å². The highest BCUT2D eigenvalue weighted by atomic mass is 35.5. The van der Waals surface area contributed by atoms with Crippen molar-refractivity contribution in [2.24, 2.45) is 5.92 Å². The Morgan fingerprint density at radius 3 is 2.37 bits per heavy atom. The van der Waals surface area contributed by atoms with Crippen LogP contribution in [0.1, 0.15) is 33.0 Å². The van der Waals surface area contributed by atoms with E-state index in [2.05, 4.69) is 5.32 Å². The second-order valence-corrected chi connectivity index (χ2v) is 10.7. The number of halogens is 6. The van der Waals surface area contributed by atoms with Crippen LogP contribution < -0.4 is 5.32 Å². The number of rotatable bonds is 6. The molecule has 0 aliphatic heterocycles. The number of carbonyl (C=O) groups excluding carboxylic acids is 2. The maximum atomic E-state index is 13.4. The maximum absolute atomic E-state index is 13.4. The molecule has 3 aromatic rings. The highest BCUT2D eigenvalue weighted by Crippen LogP contribution is 2.65. The van der Waals surface area contributed by atoms with Crippen molar-refractivity contribution in [1.29, 1.82) is 5.26 Å². The molecule has 1 fully saturated rings. The first-order chi connectivity index (χ1) is 16.5. The molecule has 0 aromatic heterocycles. The Balaban J connectivity index is 1.52. The minimum Gasteiger partial charge on any atom is -0.326 e. The third-order valence-corrected chi connectivity index (χ3v) is 7.73. The van der Waals surface area contributed by atoms with Crippen LogP contribution in [0.2, 0.25) is 15.1 Å². The van der Waals surface area contributed by atoms with Gasteiger partial charge in [0.25, 0.3) is 0 Å². The van der Waals surface area contributed by atoms with Gasteiger partial charge in [-0.3, -0.25) is 9.59 Å². The molecule has 4 rings (SSSR count). The molecule has 1 N–H and O–H groups in total. The number of carbonyl (C=O) groups is 2. The lowest BCUT2D eigenvalue weighted by atomic mass is 9.98. The molecular weight excluding hydrogens is 557 g/mol.